The molecule has 3 aromatic rings. The van der Waals surface area contributed by atoms with E-state index in [-0.39, 0.29) is 5.91 Å². The van der Waals surface area contributed by atoms with Gasteiger partial charge in [-0.05, 0) is 49.2 Å². The van der Waals surface area contributed by atoms with Crippen molar-refractivity contribution in [1.82, 2.24) is 14.9 Å². The number of carbonyl (C=O) groups is 1. The van der Waals surface area contributed by atoms with Crippen molar-refractivity contribution in [2.24, 2.45) is 0 Å². The minimum Gasteiger partial charge on any atom is -0.339 e. The molecule has 4 nitrogen and oxygen atoms in total. The van der Waals surface area contributed by atoms with Gasteiger partial charge in [0.25, 0.3) is 5.91 Å². The highest BCUT2D eigenvalue weighted by Crippen LogP contribution is 2.28. The van der Waals surface area contributed by atoms with Gasteiger partial charge in [0, 0.05) is 41.5 Å². The lowest BCUT2D eigenvalue weighted by atomic mass is 10.0. The van der Waals surface area contributed by atoms with Crippen molar-refractivity contribution in [2.45, 2.75) is 12.8 Å². The first-order valence-corrected chi connectivity index (χ1v) is 8.40. The predicted octanol–water partition coefficient (Wildman–Crippen LogP) is 4.19. The van der Waals surface area contributed by atoms with Gasteiger partial charge in [-0.3, -0.25) is 9.78 Å². The molecular formula is C19H16ClN3O. The van der Waals surface area contributed by atoms with E-state index in [9.17, 15) is 4.79 Å². The fourth-order valence-electron chi connectivity index (χ4n) is 3.14. The summed E-state index contributed by atoms with van der Waals surface area (Å²) < 4.78 is 0. The largest absolute Gasteiger partial charge is 0.339 e. The molecule has 24 heavy (non-hydrogen) atoms. The molecule has 120 valence electrons. The minimum atomic E-state index is 0.0532. The molecule has 1 saturated heterocycles. The van der Waals surface area contributed by atoms with Crippen LogP contribution in [0.5, 0.6) is 0 Å². The van der Waals surface area contributed by atoms with Gasteiger partial charge in [-0.2, -0.15) is 0 Å². The van der Waals surface area contributed by atoms with Gasteiger partial charge in [0.2, 0.25) is 0 Å². The third-order valence-electron chi connectivity index (χ3n) is 4.37. The van der Waals surface area contributed by atoms with Crippen LogP contribution in [0.2, 0.25) is 5.02 Å². The van der Waals surface area contributed by atoms with Crippen LogP contribution in [0.4, 0.5) is 0 Å². The van der Waals surface area contributed by atoms with Crippen LogP contribution in [0, 0.1) is 0 Å². The third kappa shape index (κ3) is 2.74. The smallest absolute Gasteiger partial charge is 0.254 e. The Kier molecular flexibility index (Phi) is 3.90. The van der Waals surface area contributed by atoms with Crippen molar-refractivity contribution in [3.8, 4) is 11.3 Å². The van der Waals surface area contributed by atoms with Gasteiger partial charge in [0.1, 0.15) is 0 Å². The van der Waals surface area contributed by atoms with Crippen LogP contribution >= 0.6 is 11.6 Å². The Morgan fingerprint density at radius 2 is 1.79 bits per heavy atom. The van der Waals surface area contributed by atoms with Gasteiger partial charge in [-0.1, -0.05) is 11.6 Å². The van der Waals surface area contributed by atoms with Crippen LogP contribution in [0.3, 0.4) is 0 Å². The molecule has 1 amide bonds. The fourth-order valence-corrected chi connectivity index (χ4v) is 3.31. The van der Waals surface area contributed by atoms with Crippen molar-refractivity contribution in [2.75, 3.05) is 13.1 Å². The summed E-state index contributed by atoms with van der Waals surface area (Å²) in [4.78, 5) is 23.7. The zero-order valence-corrected chi connectivity index (χ0v) is 13.8. The summed E-state index contributed by atoms with van der Waals surface area (Å²) >= 11 is 6.15. The maximum Gasteiger partial charge on any atom is 0.254 e. The molecule has 0 saturated carbocycles. The summed E-state index contributed by atoms with van der Waals surface area (Å²) in [5.41, 5.74) is 3.15. The summed E-state index contributed by atoms with van der Waals surface area (Å²) in [6.07, 6.45) is 5.58. The number of carbonyl (C=O) groups excluding carboxylic acids is 1. The van der Waals surface area contributed by atoms with Crippen molar-refractivity contribution >= 4 is 28.4 Å². The number of pyridine rings is 2. The van der Waals surface area contributed by atoms with Crippen molar-refractivity contribution in [3.05, 3.63) is 59.4 Å². The van der Waals surface area contributed by atoms with Crippen LogP contribution in [-0.4, -0.2) is 33.9 Å². The molecule has 1 aromatic carbocycles. The van der Waals surface area contributed by atoms with Gasteiger partial charge in [0.05, 0.1) is 16.8 Å². The van der Waals surface area contributed by atoms with Crippen LogP contribution in [0.1, 0.15) is 23.2 Å². The highest BCUT2D eigenvalue weighted by atomic mass is 35.5. The molecule has 0 N–H and O–H groups in total. The topological polar surface area (TPSA) is 46.1 Å². The third-order valence-corrected chi connectivity index (χ3v) is 4.61. The van der Waals surface area contributed by atoms with Gasteiger partial charge in [-0.25, -0.2) is 4.98 Å². The highest BCUT2D eigenvalue weighted by Gasteiger charge is 2.22. The zero-order chi connectivity index (χ0) is 16.5. The monoisotopic (exact) mass is 337 g/mol. The minimum absolute atomic E-state index is 0.0532. The second kappa shape index (κ2) is 6.21. The number of benzene rings is 1. The van der Waals surface area contributed by atoms with E-state index in [1.165, 1.54) is 0 Å². The molecule has 1 aliphatic heterocycles. The van der Waals surface area contributed by atoms with E-state index in [1.807, 2.05) is 35.2 Å². The molecular weight excluding hydrogens is 322 g/mol. The number of hydrogen-bond donors (Lipinski definition) is 0. The van der Waals surface area contributed by atoms with Crippen LogP contribution in [0.25, 0.3) is 22.2 Å². The van der Waals surface area contributed by atoms with Crippen molar-refractivity contribution in [1.29, 1.82) is 0 Å². The molecule has 4 rings (SSSR count). The molecule has 2 aromatic heterocycles. The lowest BCUT2D eigenvalue weighted by Crippen LogP contribution is -2.27. The normalized spacial score (nSPS) is 14.3. The SMILES string of the molecule is O=C(c1cc(-c2ccncc2)nc2ccc(Cl)cc12)N1CCCC1. The highest BCUT2D eigenvalue weighted by molar-refractivity contribution is 6.31. The lowest BCUT2D eigenvalue weighted by Gasteiger charge is -2.17. The summed E-state index contributed by atoms with van der Waals surface area (Å²) in [5, 5.41) is 1.41. The number of rotatable bonds is 2. The number of amides is 1. The maximum atomic E-state index is 13.0. The van der Waals surface area contributed by atoms with Crippen LogP contribution in [0.15, 0.2) is 48.8 Å². The van der Waals surface area contributed by atoms with Crippen molar-refractivity contribution in [3.63, 3.8) is 0 Å². The number of fused-ring (bicyclic) bond motifs is 1. The Morgan fingerprint density at radius 3 is 2.54 bits per heavy atom. The first-order chi connectivity index (χ1) is 11.7. The second-order valence-corrected chi connectivity index (χ2v) is 6.39. The van der Waals surface area contributed by atoms with E-state index >= 15 is 0 Å². The van der Waals surface area contributed by atoms with Crippen molar-refractivity contribution < 1.29 is 4.79 Å². The molecule has 0 radical (unpaired) electrons. The van der Waals surface area contributed by atoms with E-state index in [4.69, 9.17) is 16.6 Å². The standard InChI is InChI=1S/C19H16ClN3O/c20-14-3-4-17-15(11-14)16(19(24)23-9-1-2-10-23)12-18(22-17)13-5-7-21-8-6-13/h3-8,11-12H,1-2,9-10H2. The van der Waals surface area contributed by atoms with E-state index < -0.39 is 0 Å². The Labute approximate surface area is 145 Å². The Morgan fingerprint density at radius 1 is 1.04 bits per heavy atom. The summed E-state index contributed by atoms with van der Waals surface area (Å²) in [5.74, 6) is 0.0532. The maximum absolute atomic E-state index is 13.0. The molecule has 0 unspecified atom stereocenters. The number of likely N-dealkylation sites (tertiary alicyclic amines) is 1. The molecule has 1 fully saturated rings. The summed E-state index contributed by atoms with van der Waals surface area (Å²) in [6.45, 7) is 1.63. The molecule has 1 aliphatic rings. The summed E-state index contributed by atoms with van der Waals surface area (Å²) in [7, 11) is 0. The first kappa shape index (κ1) is 15.1. The average molecular weight is 338 g/mol. The molecule has 5 heteroatoms. The van der Waals surface area contributed by atoms with E-state index in [0.29, 0.717) is 10.6 Å². The molecule has 0 bridgehead atoms. The molecule has 3 heterocycles. The molecule has 0 atom stereocenters. The quantitative estimate of drug-likeness (QED) is 0.704. The van der Waals surface area contributed by atoms with Gasteiger partial charge in [0.15, 0.2) is 0 Å². The second-order valence-electron chi connectivity index (χ2n) is 5.95. The predicted molar refractivity (Wildman–Crippen MR) is 95.1 cm³/mol. The van der Waals surface area contributed by atoms with E-state index in [2.05, 4.69) is 4.98 Å². The van der Waals surface area contributed by atoms with Gasteiger partial charge in [-0.15, -0.1) is 0 Å². The molecule has 0 aliphatic carbocycles. The fraction of sp³-hybridized carbons (Fsp3) is 0.211. The Hall–Kier alpha value is -2.46. The molecule has 0 spiro atoms. The first-order valence-electron chi connectivity index (χ1n) is 8.02. The number of hydrogen-bond acceptors (Lipinski definition) is 3. The number of aromatic nitrogens is 2. The lowest BCUT2D eigenvalue weighted by molar-refractivity contribution is 0.0794. The number of halogens is 1. The number of nitrogens with zero attached hydrogens (tertiary/aromatic N) is 3. The Bertz CT molecular complexity index is 905. The summed E-state index contributed by atoms with van der Waals surface area (Å²) in [6, 6.07) is 11.2. The van der Waals surface area contributed by atoms with Gasteiger partial charge < -0.3 is 4.90 Å². The van der Waals surface area contributed by atoms with Gasteiger partial charge >= 0.3 is 0 Å². The van der Waals surface area contributed by atoms with E-state index in [0.717, 1.165) is 48.1 Å². The van der Waals surface area contributed by atoms with Crippen LogP contribution < -0.4 is 0 Å². The Balaban J connectivity index is 1.91. The van der Waals surface area contributed by atoms with E-state index in [1.54, 1.807) is 18.5 Å². The zero-order valence-electron chi connectivity index (χ0n) is 13.1. The van der Waals surface area contributed by atoms with Crippen LogP contribution in [-0.2, 0) is 0 Å². The average Bonchev–Trinajstić information content (AvgIpc) is 3.15.